The van der Waals surface area contributed by atoms with Crippen LogP contribution in [0.25, 0.3) is 0 Å². The maximum absolute atomic E-state index is 12.1. The molecule has 0 aromatic heterocycles. The molecule has 1 aromatic carbocycles. The van der Waals surface area contributed by atoms with Crippen LogP contribution in [-0.4, -0.2) is 37.1 Å². The fourth-order valence-electron chi connectivity index (χ4n) is 2.42. The van der Waals surface area contributed by atoms with Gasteiger partial charge in [-0.1, -0.05) is 6.07 Å². The maximum atomic E-state index is 12.1. The minimum Gasteiger partial charge on any atom is -0.469 e. The lowest BCUT2D eigenvalue weighted by atomic mass is 10.1. The smallest absolute Gasteiger partial charge is 0.338 e. The molecule has 0 saturated carbocycles. The third kappa shape index (κ3) is 4.09. The molecule has 1 aliphatic rings. The molecule has 23 heavy (non-hydrogen) atoms. The van der Waals surface area contributed by atoms with Crippen LogP contribution in [0.15, 0.2) is 24.3 Å². The van der Waals surface area contributed by atoms with E-state index in [-0.39, 0.29) is 18.9 Å². The van der Waals surface area contributed by atoms with E-state index in [1.165, 1.54) is 12.0 Å². The zero-order valence-electron chi connectivity index (χ0n) is 13.8. The van der Waals surface area contributed by atoms with Gasteiger partial charge in [-0.05, 0) is 39.0 Å². The van der Waals surface area contributed by atoms with Gasteiger partial charge in [0.15, 0.2) is 0 Å². The highest BCUT2D eigenvalue weighted by Crippen LogP contribution is 2.27. The fraction of sp³-hybridized carbons (Fsp3) is 0.471. The SMILES string of the molecule is COC(=O)C1CC(=O)N(c2cccc(C(=O)OC(C)(C)C)c2)C1. The van der Waals surface area contributed by atoms with Crippen LogP contribution < -0.4 is 4.90 Å². The predicted molar refractivity (Wildman–Crippen MR) is 84.1 cm³/mol. The number of nitrogens with zero attached hydrogens (tertiary/aromatic N) is 1. The molecule has 1 heterocycles. The first-order valence-corrected chi connectivity index (χ1v) is 7.43. The van der Waals surface area contributed by atoms with Gasteiger partial charge in [0.2, 0.25) is 5.91 Å². The van der Waals surface area contributed by atoms with Crippen molar-refractivity contribution in [3.63, 3.8) is 0 Å². The Labute approximate surface area is 135 Å². The van der Waals surface area contributed by atoms with E-state index in [9.17, 15) is 14.4 Å². The lowest BCUT2D eigenvalue weighted by Crippen LogP contribution is -2.27. The highest BCUT2D eigenvalue weighted by Gasteiger charge is 2.36. The first kappa shape index (κ1) is 17.0. The summed E-state index contributed by atoms with van der Waals surface area (Å²) in [5, 5.41) is 0. The van der Waals surface area contributed by atoms with Gasteiger partial charge in [-0.15, -0.1) is 0 Å². The average Bonchev–Trinajstić information content (AvgIpc) is 2.87. The highest BCUT2D eigenvalue weighted by molar-refractivity contribution is 6.00. The summed E-state index contributed by atoms with van der Waals surface area (Å²) >= 11 is 0. The van der Waals surface area contributed by atoms with Gasteiger partial charge in [-0.25, -0.2) is 4.79 Å². The number of methoxy groups -OCH3 is 1. The van der Waals surface area contributed by atoms with Gasteiger partial charge in [-0.3, -0.25) is 9.59 Å². The maximum Gasteiger partial charge on any atom is 0.338 e. The molecule has 1 aromatic rings. The van der Waals surface area contributed by atoms with Crippen LogP contribution in [0.2, 0.25) is 0 Å². The van der Waals surface area contributed by atoms with Crippen LogP contribution in [0.3, 0.4) is 0 Å². The quantitative estimate of drug-likeness (QED) is 0.798. The normalized spacial score (nSPS) is 18.0. The lowest BCUT2D eigenvalue weighted by Gasteiger charge is -2.21. The van der Waals surface area contributed by atoms with Gasteiger partial charge in [0.05, 0.1) is 18.6 Å². The molecule has 1 aliphatic heterocycles. The van der Waals surface area contributed by atoms with Crippen LogP contribution in [0, 0.1) is 5.92 Å². The van der Waals surface area contributed by atoms with Crippen LogP contribution >= 0.6 is 0 Å². The molecule has 6 nitrogen and oxygen atoms in total. The molecule has 0 bridgehead atoms. The Kier molecular flexibility index (Phi) is 4.73. The minimum atomic E-state index is -0.591. The Balaban J connectivity index is 2.18. The number of rotatable bonds is 3. The Hall–Kier alpha value is -2.37. The van der Waals surface area contributed by atoms with E-state index in [2.05, 4.69) is 0 Å². The summed E-state index contributed by atoms with van der Waals surface area (Å²) in [6.07, 6.45) is 0.114. The molecule has 1 unspecified atom stereocenters. The van der Waals surface area contributed by atoms with Gasteiger partial charge in [0, 0.05) is 18.7 Å². The van der Waals surface area contributed by atoms with Gasteiger partial charge < -0.3 is 14.4 Å². The minimum absolute atomic E-state index is 0.114. The van der Waals surface area contributed by atoms with Crippen LogP contribution in [0.5, 0.6) is 0 Å². The average molecular weight is 319 g/mol. The Morgan fingerprint density at radius 3 is 2.57 bits per heavy atom. The van der Waals surface area contributed by atoms with Crippen LogP contribution in [-0.2, 0) is 19.1 Å². The molecule has 0 spiro atoms. The summed E-state index contributed by atoms with van der Waals surface area (Å²) in [6, 6.07) is 6.65. The molecule has 0 aliphatic carbocycles. The zero-order valence-corrected chi connectivity index (χ0v) is 13.8. The molecule has 124 valence electrons. The predicted octanol–water partition coefficient (Wildman–Crippen LogP) is 2.17. The van der Waals surface area contributed by atoms with Crippen molar-refractivity contribution >= 4 is 23.5 Å². The number of esters is 2. The zero-order chi connectivity index (χ0) is 17.2. The topological polar surface area (TPSA) is 72.9 Å². The van der Waals surface area contributed by atoms with Gasteiger partial charge in [0.1, 0.15) is 5.60 Å². The second kappa shape index (κ2) is 6.40. The lowest BCUT2D eigenvalue weighted by molar-refractivity contribution is -0.145. The Morgan fingerprint density at radius 1 is 1.26 bits per heavy atom. The molecule has 1 saturated heterocycles. The fourth-order valence-corrected chi connectivity index (χ4v) is 2.42. The molecular formula is C17H21NO5. The summed E-state index contributed by atoms with van der Waals surface area (Å²) in [7, 11) is 1.30. The van der Waals surface area contributed by atoms with Crippen molar-refractivity contribution in [2.45, 2.75) is 32.8 Å². The Bertz CT molecular complexity index is 632. The van der Waals surface area contributed by atoms with Crippen molar-refractivity contribution in [2.24, 2.45) is 5.92 Å². The molecule has 1 fully saturated rings. The molecule has 1 amide bonds. The molecule has 0 radical (unpaired) electrons. The van der Waals surface area contributed by atoms with Gasteiger partial charge in [0.25, 0.3) is 0 Å². The number of hydrogen-bond acceptors (Lipinski definition) is 5. The third-order valence-corrected chi connectivity index (χ3v) is 3.45. The van der Waals surface area contributed by atoms with Gasteiger partial charge >= 0.3 is 11.9 Å². The van der Waals surface area contributed by atoms with E-state index in [0.29, 0.717) is 11.3 Å². The van der Waals surface area contributed by atoms with E-state index in [0.717, 1.165) is 0 Å². The number of carbonyl (C=O) groups excluding carboxylic acids is 3. The molecule has 6 heteroatoms. The number of carbonyl (C=O) groups is 3. The summed E-state index contributed by atoms with van der Waals surface area (Å²) < 4.78 is 10.0. The van der Waals surface area contributed by atoms with Crippen molar-refractivity contribution in [3.05, 3.63) is 29.8 Å². The summed E-state index contributed by atoms with van der Waals surface area (Å²) in [5.74, 6) is -1.49. The molecular weight excluding hydrogens is 298 g/mol. The number of ether oxygens (including phenoxy) is 2. The third-order valence-electron chi connectivity index (χ3n) is 3.45. The van der Waals surface area contributed by atoms with Gasteiger partial charge in [-0.2, -0.15) is 0 Å². The van der Waals surface area contributed by atoms with Crippen molar-refractivity contribution in [1.82, 2.24) is 0 Å². The van der Waals surface area contributed by atoms with Crippen LogP contribution in [0.4, 0.5) is 5.69 Å². The standard InChI is InChI=1S/C17H21NO5/c1-17(2,3)23-16(21)11-6-5-7-13(8-11)18-10-12(9-14(18)19)15(20)22-4/h5-8,12H,9-10H2,1-4H3. The first-order valence-electron chi connectivity index (χ1n) is 7.43. The van der Waals surface area contributed by atoms with Crippen molar-refractivity contribution < 1.29 is 23.9 Å². The molecule has 1 atom stereocenters. The van der Waals surface area contributed by atoms with E-state index >= 15 is 0 Å². The summed E-state index contributed by atoms with van der Waals surface area (Å²) in [5.41, 5.74) is 0.350. The monoisotopic (exact) mass is 319 g/mol. The van der Waals surface area contributed by atoms with Crippen molar-refractivity contribution in [1.29, 1.82) is 0 Å². The second-order valence-electron chi connectivity index (χ2n) is 6.48. The highest BCUT2D eigenvalue weighted by atomic mass is 16.6. The summed E-state index contributed by atoms with van der Waals surface area (Å²) in [4.78, 5) is 37.3. The molecule has 0 N–H and O–H groups in total. The number of benzene rings is 1. The van der Waals surface area contributed by atoms with E-state index in [1.54, 1.807) is 45.0 Å². The molecule has 2 rings (SSSR count). The van der Waals surface area contributed by atoms with E-state index < -0.39 is 23.5 Å². The second-order valence-corrected chi connectivity index (χ2v) is 6.48. The first-order chi connectivity index (χ1) is 10.7. The Morgan fingerprint density at radius 2 is 1.96 bits per heavy atom. The number of hydrogen-bond donors (Lipinski definition) is 0. The van der Waals surface area contributed by atoms with E-state index in [1.807, 2.05) is 0 Å². The van der Waals surface area contributed by atoms with Crippen molar-refractivity contribution in [3.8, 4) is 0 Å². The van der Waals surface area contributed by atoms with E-state index in [4.69, 9.17) is 9.47 Å². The number of amides is 1. The summed E-state index contributed by atoms with van der Waals surface area (Å²) in [6.45, 7) is 5.63. The largest absolute Gasteiger partial charge is 0.469 e. The van der Waals surface area contributed by atoms with Crippen LogP contribution in [0.1, 0.15) is 37.6 Å². The van der Waals surface area contributed by atoms with Crippen molar-refractivity contribution in [2.75, 3.05) is 18.6 Å². The number of anilines is 1.